The van der Waals surface area contributed by atoms with Crippen molar-refractivity contribution in [2.45, 2.75) is 0 Å². The van der Waals surface area contributed by atoms with Gasteiger partial charge in [-0.1, -0.05) is 58.9 Å². The highest BCUT2D eigenvalue weighted by molar-refractivity contribution is 6.99. The first kappa shape index (κ1) is 12.1. The lowest BCUT2D eigenvalue weighted by molar-refractivity contribution is 0.475. The van der Waals surface area contributed by atoms with Crippen LogP contribution in [0.3, 0.4) is 0 Å². The SMILES string of the molecule is Oc1ccc2c(c1)B(c1ccccc1)c1cc(O)ccc1-2. The number of hydrogen-bond acceptors (Lipinski definition) is 2. The van der Waals surface area contributed by atoms with Crippen molar-refractivity contribution >= 4 is 23.1 Å². The molecular weight excluding hydrogens is 259 g/mol. The second-order valence-corrected chi connectivity index (χ2v) is 5.39. The summed E-state index contributed by atoms with van der Waals surface area (Å²) in [4.78, 5) is 0. The van der Waals surface area contributed by atoms with Gasteiger partial charge in [0.1, 0.15) is 11.5 Å². The highest BCUT2D eigenvalue weighted by Gasteiger charge is 2.33. The van der Waals surface area contributed by atoms with Gasteiger partial charge in [0.25, 0.3) is 0 Å². The minimum Gasteiger partial charge on any atom is -0.508 e. The van der Waals surface area contributed by atoms with E-state index in [1.807, 2.05) is 42.5 Å². The van der Waals surface area contributed by atoms with Crippen LogP contribution in [-0.4, -0.2) is 16.9 Å². The van der Waals surface area contributed by atoms with Gasteiger partial charge in [-0.05, 0) is 35.4 Å². The molecule has 1 heterocycles. The third-order valence-electron chi connectivity index (χ3n) is 4.12. The van der Waals surface area contributed by atoms with Crippen molar-refractivity contribution in [1.29, 1.82) is 0 Å². The zero-order valence-corrected chi connectivity index (χ0v) is 11.3. The van der Waals surface area contributed by atoms with E-state index in [2.05, 4.69) is 12.1 Å². The van der Waals surface area contributed by atoms with Crippen LogP contribution in [0.1, 0.15) is 0 Å². The fraction of sp³-hybridized carbons (Fsp3) is 0. The lowest BCUT2D eigenvalue weighted by atomic mass is 9.39. The quantitative estimate of drug-likeness (QED) is 0.517. The average molecular weight is 272 g/mol. The summed E-state index contributed by atoms with van der Waals surface area (Å²) in [6.07, 6.45) is 0. The molecule has 21 heavy (non-hydrogen) atoms. The maximum atomic E-state index is 9.85. The Kier molecular flexibility index (Phi) is 2.55. The van der Waals surface area contributed by atoms with Gasteiger partial charge in [-0.2, -0.15) is 0 Å². The van der Waals surface area contributed by atoms with Gasteiger partial charge in [-0.15, -0.1) is 0 Å². The zero-order valence-electron chi connectivity index (χ0n) is 11.3. The molecule has 1 aliphatic heterocycles. The fourth-order valence-electron chi connectivity index (χ4n) is 3.24. The molecule has 100 valence electrons. The summed E-state index contributed by atoms with van der Waals surface area (Å²) in [7, 11) is 0. The summed E-state index contributed by atoms with van der Waals surface area (Å²) in [6.45, 7) is 0.0513. The Labute approximate surface area is 123 Å². The van der Waals surface area contributed by atoms with E-state index in [-0.39, 0.29) is 18.2 Å². The molecule has 3 aromatic carbocycles. The normalized spacial score (nSPS) is 12.1. The Hall–Kier alpha value is -2.68. The van der Waals surface area contributed by atoms with Gasteiger partial charge in [-0.25, -0.2) is 0 Å². The van der Waals surface area contributed by atoms with Gasteiger partial charge in [0.05, 0.1) is 0 Å². The van der Waals surface area contributed by atoms with Gasteiger partial charge >= 0.3 is 0 Å². The molecule has 2 nitrogen and oxygen atoms in total. The number of benzene rings is 3. The zero-order chi connectivity index (χ0) is 14.4. The molecule has 0 bridgehead atoms. The lowest BCUT2D eigenvalue weighted by Crippen LogP contribution is -2.48. The van der Waals surface area contributed by atoms with Crippen molar-refractivity contribution in [3.8, 4) is 22.6 Å². The summed E-state index contributed by atoms with van der Waals surface area (Å²) in [5.41, 5.74) is 5.57. The molecule has 0 saturated carbocycles. The first-order valence-electron chi connectivity index (χ1n) is 6.95. The van der Waals surface area contributed by atoms with Crippen LogP contribution in [0.4, 0.5) is 0 Å². The monoisotopic (exact) mass is 272 g/mol. The second kappa shape index (κ2) is 4.42. The highest BCUT2D eigenvalue weighted by atomic mass is 16.3. The van der Waals surface area contributed by atoms with Gasteiger partial charge in [0.15, 0.2) is 0 Å². The molecule has 4 rings (SSSR count). The number of hydrogen-bond donors (Lipinski definition) is 2. The first-order chi connectivity index (χ1) is 10.2. The van der Waals surface area contributed by atoms with Crippen LogP contribution in [0.5, 0.6) is 11.5 Å². The molecule has 1 aliphatic rings. The number of phenols is 2. The van der Waals surface area contributed by atoms with Crippen molar-refractivity contribution in [3.63, 3.8) is 0 Å². The van der Waals surface area contributed by atoms with E-state index in [4.69, 9.17) is 0 Å². The molecular formula is C18H13BO2. The molecule has 0 fully saturated rings. The second-order valence-electron chi connectivity index (χ2n) is 5.39. The van der Waals surface area contributed by atoms with Crippen molar-refractivity contribution in [3.05, 3.63) is 66.7 Å². The summed E-state index contributed by atoms with van der Waals surface area (Å²) in [5, 5.41) is 19.7. The molecule has 2 N–H and O–H groups in total. The number of phenolic OH excluding ortho intramolecular Hbond substituents is 2. The fourth-order valence-corrected chi connectivity index (χ4v) is 3.24. The summed E-state index contributed by atoms with van der Waals surface area (Å²) in [6, 6.07) is 21.1. The first-order valence-corrected chi connectivity index (χ1v) is 6.95. The molecule has 0 spiro atoms. The molecule has 0 aliphatic carbocycles. The van der Waals surface area contributed by atoms with Crippen LogP contribution < -0.4 is 16.4 Å². The maximum Gasteiger partial charge on any atom is 0.243 e. The third-order valence-corrected chi connectivity index (χ3v) is 4.12. The Morgan fingerprint density at radius 1 is 0.619 bits per heavy atom. The van der Waals surface area contributed by atoms with Gasteiger partial charge in [0, 0.05) is 0 Å². The third kappa shape index (κ3) is 1.82. The minimum atomic E-state index is 0.0513. The van der Waals surface area contributed by atoms with Crippen molar-refractivity contribution < 1.29 is 10.2 Å². The van der Waals surface area contributed by atoms with Crippen LogP contribution in [-0.2, 0) is 0 Å². The van der Waals surface area contributed by atoms with Crippen LogP contribution >= 0.6 is 0 Å². The van der Waals surface area contributed by atoms with Crippen LogP contribution in [0.2, 0.25) is 0 Å². The standard InChI is InChI=1S/C18H13BO2/c20-13-6-8-15-16-9-7-14(21)11-18(16)19(17(15)10-13)12-4-2-1-3-5-12/h1-11,20-21H. The molecule has 0 saturated heterocycles. The number of rotatable bonds is 1. The van der Waals surface area contributed by atoms with E-state index in [1.165, 1.54) is 0 Å². The summed E-state index contributed by atoms with van der Waals surface area (Å²) >= 11 is 0. The van der Waals surface area contributed by atoms with E-state index in [0.29, 0.717) is 0 Å². The maximum absolute atomic E-state index is 9.85. The number of fused-ring (bicyclic) bond motifs is 3. The van der Waals surface area contributed by atoms with E-state index >= 15 is 0 Å². The Bertz CT molecular complexity index is 776. The predicted molar refractivity (Wildman–Crippen MR) is 86.3 cm³/mol. The predicted octanol–water partition coefficient (Wildman–Crippen LogP) is 1.59. The molecule has 3 heteroatoms. The topological polar surface area (TPSA) is 40.5 Å². The van der Waals surface area contributed by atoms with E-state index < -0.39 is 0 Å². The Morgan fingerprint density at radius 2 is 1.14 bits per heavy atom. The number of aromatic hydroxyl groups is 2. The van der Waals surface area contributed by atoms with Gasteiger partial charge in [0.2, 0.25) is 6.71 Å². The minimum absolute atomic E-state index is 0.0513. The Balaban J connectivity index is 2.02. The summed E-state index contributed by atoms with van der Waals surface area (Å²) in [5.74, 6) is 0.540. The largest absolute Gasteiger partial charge is 0.508 e. The van der Waals surface area contributed by atoms with E-state index in [9.17, 15) is 10.2 Å². The summed E-state index contributed by atoms with van der Waals surface area (Å²) < 4.78 is 0. The van der Waals surface area contributed by atoms with Crippen molar-refractivity contribution in [2.75, 3.05) is 0 Å². The van der Waals surface area contributed by atoms with Crippen LogP contribution in [0, 0.1) is 0 Å². The highest BCUT2D eigenvalue weighted by Crippen LogP contribution is 2.27. The molecule has 0 amide bonds. The van der Waals surface area contributed by atoms with Gasteiger partial charge < -0.3 is 10.2 Å². The molecule has 0 aromatic heterocycles. The van der Waals surface area contributed by atoms with E-state index in [1.54, 1.807) is 12.1 Å². The van der Waals surface area contributed by atoms with Crippen molar-refractivity contribution in [2.24, 2.45) is 0 Å². The van der Waals surface area contributed by atoms with E-state index in [0.717, 1.165) is 27.5 Å². The van der Waals surface area contributed by atoms with Gasteiger partial charge in [-0.3, -0.25) is 0 Å². The van der Waals surface area contributed by atoms with Crippen LogP contribution in [0.25, 0.3) is 11.1 Å². The average Bonchev–Trinajstić information content (AvgIpc) is 2.80. The smallest absolute Gasteiger partial charge is 0.243 e. The van der Waals surface area contributed by atoms with Crippen molar-refractivity contribution in [1.82, 2.24) is 0 Å². The molecule has 0 atom stereocenters. The molecule has 0 radical (unpaired) electrons. The lowest BCUT2D eigenvalue weighted by Gasteiger charge is -2.10. The Morgan fingerprint density at radius 3 is 1.67 bits per heavy atom. The molecule has 3 aromatic rings. The molecule has 0 unspecified atom stereocenters. The van der Waals surface area contributed by atoms with Crippen LogP contribution in [0.15, 0.2) is 66.7 Å².